The van der Waals surface area contributed by atoms with Crippen LogP contribution in [0.3, 0.4) is 0 Å². The van der Waals surface area contributed by atoms with Gasteiger partial charge in [0, 0.05) is 31.1 Å². The van der Waals surface area contributed by atoms with Gasteiger partial charge in [0.05, 0.1) is 24.9 Å². The molecule has 9 nitrogen and oxygen atoms in total. The third-order valence-electron chi connectivity index (χ3n) is 5.90. The Morgan fingerprint density at radius 1 is 1.38 bits per heavy atom. The predicted octanol–water partition coefficient (Wildman–Crippen LogP) is 0.518. The summed E-state index contributed by atoms with van der Waals surface area (Å²) in [6.07, 6.45) is 2.21. The van der Waals surface area contributed by atoms with Gasteiger partial charge in [0.25, 0.3) is 0 Å². The maximum Gasteiger partial charge on any atom is 0.315 e. The summed E-state index contributed by atoms with van der Waals surface area (Å²) in [6.45, 7) is 5.27. The van der Waals surface area contributed by atoms with Crippen LogP contribution in [0, 0.1) is 12.8 Å². The van der Waals surface area contributed by atoms with E-state index in [0.717, 1.165) is 12.1 Å². The minimum atomic E-state index is -0.262. The highest BCUT2D eigenvalue weighted by molar-refractivity contribution is 5.79. The van der Waals surface area contributed by atoms with E-state index >= 15 is 0 Å². The average molecular weight is 404 g/mol. The number of hydrogen-bond donors (Lipinski definition) is 3. The first kappa shape index (κ1) is 19.9. The zero-order valence-corrected chi connectivity index (χ0v) is 16.7. The van der Waals surface area contributed by atoms with Gasteiger partial charge in [-0.2, -0.15) is 0 Å². The summed E-state index contributed by atoms with van der Waals surface area (Å²) in [4.78, 5) is 28.2. The molecule has 0 radical (unpaired) electrons. The van der Waals surface area contributed by atoms with Crippen LogP contribution in [0.5, 0.6) is 5.75 Å². The Hall–Kier alpha value is -2.39. The van der Waals surface area contributed by atoms with Crippen molar-refractivity contribution in [2.75, 3.05) is 19.8 Å². The summed E-state index contributed by atoms with van der Waals surface area (Å²) < 4.78 is 17.8. The van der Waals surface area contributed by atoms with Crippen molar-refractivity contribution in [3.8, 4) is 5.75 Å². The van der Waals surface area contributed by atoms with Crippen LogP contribution in [-0.4, -0.2) is 67.1 Å². The van der Waals surface area contributed by atoms with Crippen LogP contribution >= 0.6 is 0 Å². The van der Waals surface area contributed by atoms with Gasteiger partial charge in [0.1, 0.15) is 18.0 Å². The first-order chi connectivity index (χ1) is 14.0. The quantitative estimate of drug-likeness (QED) is 0.638. The third kappa shape index (κ3) is 4.30. The van der Waals surface area contributed by atoms with E-state index in [1.54, 1.807) is 6.20 Å². The Bertz CT molecular complexity index is 760. The second-order valence-electron chi connectivity index (χ2n) is 7.85. The van der Waals surface area contributed by atoms with Crippen LogP contribution < -0.4 is 20.7 Å². The molecule has 2 unspecified atom stereocenters. The van der Waals surface area contributed by atoms with E-state index < -0.39 is 0 Å². The van der Waals surface area contributed by atoms with E-state index in [9.17, 15) is 9.59 Å². The van der Waals surface area contributed by atoms with Crippen molar-refractivity contribution in [3.05, 3.63) is 24.0 Å². The summed E-state index contributed by atoms with van der Waals surface area (Å²) in [6, 6.07) is 3.14. The second kappa shape index (κ2) is 8.54. The van der Waals surface area contributed by atoms with E-state index in [1.807, 2.05) is 26.0 Å². The van der Waals surface area contributed by atoms with Gasteiger partial charge in [-0.3, -0.25) is 9.78 Å². The molecule has 1 aromatic heterocycles. The van der Waals surface area contributed by atoms with Gasteiger partial charge >= 0.3 is 6.03 Å². The monoisotopic (exact) mass is 404 g/mol. The van der Waals surface area contributed by atoms with E-state index in [-0.39, 0.29) is 48.3 Å². The number of urea groups is 1. The number of fused-ring (bicyclic) bond motifs is 1. The molecule has 3 N–H and O–H groups in total. The van der Waals surface area contributed by atoms with Crippen molar-refractivity contribution in [3.63, 3.8) is 0 Å². The van der Waals surface area contributed by atoms with Crippen molar-refractivity contribution >= 4 is 11.9 Å². The molecule has 6 atom stereocenters. The molecule has 3 aliphatic rings. The zero-order valence-electron chi connectivity index (χ0n) is 16.7. The maximum atomic E-state index is 12.5. The third-order valence-corrected chi connectivity index (χ3v) is 5.90. The first-order valence-electron chi connectivity index (χ1n) is 10.2. The lowest BCUT2D eigenvalue weighted by Crippen LogP contribution is -2.52. The molecule has 3 amide bonds. The Morgan fingerprint density at radius 3 is 2.93 bits per heavy atom. The van der Waals surface area contributed by atoms with E-state index in [1.165, 1.54) is 0 Å². The topological polar surface area (TPSA) is 111 Å². The van der Waals surface area contributed by atoms with Crippen LogP contribution in [-0.2, 0) is 14.3 Å². The Balaban J connectivity index is 1.30. The van der Waals surface area contributed by atoms with Crippen molar-refractivity contribution in [2.24, 2.45) is 5.92 Å². The number of aromatic nitrogens is 1. The number of aryl methyl sites for hydroxylation is 1. The van der Waals surface area contributed by atoms with Gasteiger partial charge in [0.15, 0.2) is 6.10 Å². The number of amides is 3. The number of nitrogens with zero attached hydrogens (tertiary/aromatic N) is 1. The Morgan fingerprint density at radius 2 is 2.21 bits per heavy atom. The molecular formula is C20H28N4O5. The van der Waals surface area contributed by atoms with Gasteiger partial charge < -0.3 is 30.2 Å². The number of carbonyl (C=O) groups excluding carboxylic acids is 2. The summed E-state index contributed by atoms with van der Waals surface area (Å²) in [5.74, 6) is 0.871. The van der Waals surface area contributed by atoms with Gasteiger partial charge in [0.2, 0.25) is 5.91 Å². The smallest absolute Gasteiger partial charge is 0.315 e. The summed E-state index contributed by atoms with van der Waals surface area (Å²) >= 11 is 0. The highest BCUT2D eigenvalue weighted by Gasteiger charge is 2.49. The molecule has 0 saturated carbocycles. The van der Waals surface area contributed by atoms with Crippen molar-refractivity contribution in [1.82, 2.24) is 20.9 Å². The van der Waals surface area contributed by atoms with Crippen LogP contribution in [0.4, 0.5) is 4.79 Å². The molecule has 0 aromatic carbocycles. The lowest BCUT2D eigenvalue weighted by Gasteiger charge is -2.24. The summed E-state index contributed by atoms with van der Waals surface area (Å²) in [5, 5.41) is 8.79. The molecule has 0 aliphatic carbocycles. The predicted molar refractivity (Wildman–Crippen MR) is 104 cm³/mol. The van der Waals surface area contributed by atoms with Crippen molar-refractivity contribution in [1.29, 1.82) is 0 Å². The lowest BCUT2D eigenvalue weighted by atomic mass is 9.97. The second-order valence-corrected chi connectivity index (χ2v) is 7.85. The number of hydrogen-bond acceptors (Lipinski definition) is 6. The molecular weight excluding hydrogens is 376 g/mol. The number of carbonyl (C=O) groups is 2. The normalized spacial score (nSPS) is 31.8. The van der Waals surface area contributed by atoms with Crippen molar-refractivity contribution < 1.29 is 23.8 Å². The SMILES string of the molecule is CCC(NC(=O)N[C@H]1CO[C@H]2[C@@H]1OC[C@@H]2Oc1cccnc1C)C1CNC(=O)C1. The first-order valence-corrected chi connectivity index (χ1v) is 10.2. The van der Waals surface area contributed by atoms with Gasteiger partial charge in [-0.05, 0) is 25.5 Å². The highest BCUT2D eigenvalue weighted by Crippen LogP contribution is 2.30. The number of pyridine rings is 1. The van der Waals surface area contributed by atoms with Crippen LogP contribution in [0.25, 0.3) is 0 Å². The van der Waals surface area contributed by atoms with Crippen LogP contribution in [0.1, 0.15) is 25.5 Å². The van der Waals surface area contributed by atoms with Gasteiger partial charge in [-0.15, -0.1) is 0 Å². The average Bonchev–Trinajstić information content (AvgIpc) is 3.41. The molecule has 1 aromatic rings. The van der Waals surface area contributed by atoms with Gasteiger partial charge in [-0.25, -0.2) is 4.79 Å². The molecule has 9 heteroatoms. The highest BCUT2D eigenvalue weighted by atomic mass is 16.6. The zero-order chi connectivity index (χ0) is 20.4. The fourth-order valence-corrected chi connectivity index (χ4v) is 4.29. The summed E-state index contributed by atoms with van der Waals surface area (Å²) in [7, 11) is 0. The maximum absolute atomic E-state index is 12.5. The molecule has 3 aliphatic heterocycles. The molecule has 4 heterocycles. The lowest BCUT2D eigenvalue weighted by molar-refractivity contribution is -0.119. The molecule has 3 saturated heterocycles. The fourth-order valence-electron chi connectivity index (χ4n) is 4.29. The number of nitrogens with one attached hydrogen (secondary N) is 3. The molecule has 3 fully saturated rings. The Labute approximate surface area is 169 Å². The minimum absolute atomic E-state index is 0.0388. The number of rotatable bonds is 6. The molecule has 29 heavy (non-hydrogen) atoms. The molecule has 0 bridgehead atoms. The van der Waals surface area contributed by atoms with E-state index in [0.29, 0.717) is 31.9 Å². The standard InChI is InChI=1S/C20H28N4O5/c1-3-13(12-7-17(25)22-8-12)23-20(26)24-14-9-27-19-16(10-28-18(14)19)29-15-5-4-6-21-11(15)2/h4-6,12-14,16,18-19H,3,7-10H2,1-2H3,(H,22,25)(H2,23,24,26)/t12?,13?,14-,16-,18+,19+/m0/s1. The van der Waals surface area contributed by atoms with Crippen LogP contribution in [0.2, 0.25) is 0 Å². The van der Waals surface area contributed by atoms with Crippen LogP contribution in [0.15, 0.2) is 18.3 Å². The molecule has 0 spiro atoms. The molecule has 158 valence electrons. The van der Waals surface area contributed by atoms with Gasteiger partial charge in [-0.1, -0.05) is 6.92 Å². The van der Waals surface area contributed by atoms with Crippen molar-refractivity contribution in [2.45, 2.75) is 57.1 Å². The largest absolute Gasteiger partial charge is 0.483 e. The molecule has 4 rings (SSSR count). The minimum Gasteiger partial charge on any atom is -0.483 e. The Kier molecular flexibility index (Phi) is 5.86. The van der Waals surface area contributed by atoms with E-state index in [2.05, 4.69) is 20.9 Å². The van der Waals surface area contributed by atoms with E-state index in [4.69, 9.17) is 14.2 Å². The number of ether oxygens (including phenoxy) is 3. The summed E-state index contributed by atoms with van der Waals surface area (Å²) in [5.41, 5.74) is 0.813. The fraction of sp³-hybridized carbons (Fsp3) is 0.650.